The molecular weight excluding hydrogens is 270 g/mol. The summed E-state index contributed by atoms with van der Waals surface area (Å²) in [7, 11) is 1.33. The Balaban J connectivity index is 2.84. The molecule has 0 bridgehead atoms. The lowest BCUT2D eigenvalue weighted by molar-refractivity contribution is -0.122. The van der Waals surface area contributed by atoms with Crippen molar-refractivity contribution in [3.8, 4) is 5.75 Å². The summed E-state index contributed by atoms with van der Waals surface area (Å²) < 4.78 is 6.02. The first-order valence-electron chi connectivity index (χ1n) is 5.95. The van der Waals surface area contributed by atoms with Gasteiger partial charge in [-0.25, -0.2) is 4.98 Å². The van der Waals surface area contributed by atoms with Crippen LogP contribution in [0.2, 0.25) is 5.15 Å². The van der Waals surface area contributed by atoms with E-state index in [1.807, 2.05) is 20.8 Å². The van der Waals surface area contributed by atoms with Crippen molar-refractivity contribution < 1.29 is 9.53 Å². The largest absolute Gasteiger partial charge is 0.489 e. The van der Waals surface area contributed by atoms with Crippen molar-refractivity contribution in [2.75, 3.05) is 7.11 Å². The predicted octanol–water partition coefficient (Wildman–Crippen LogP) is 1.07. The number of hydrogen-bond donors (Lipinski definition) is 1. The highest BCUT2D eigenvalue weighted by Gasteiger charge is 2.15. The predicted molar refractivity (Wildman–Crippen MR) is 72.5 cm³/mol. The Labute approximate surface area is 116 Å². The maximum atomic E-state index is 11.9. The average Bonchev–Trinajstić information content (AvgIpc) is 2.33. The van der Waals surface area contributed by atoms with Crippen LogP contribution in [0, 0.1) is 5.92 Å². The molecule has 0 saturated carbocycles. The molecule has 1 atom stereocenters. The zero-order chi connectivity index (χ0) is 14.6. The van der Waals surface area contributed by atoms with E-state index in [2.05, 4.69) is 10.3 Å². The monoisotopic (exact) mass is 287 g/mol. The SMILES string of the molecule is COc1c(Cl)ncn(CC(=O)NC(C)C(C)C)c1=O. The van der Waals surface area contributed by atoms with Crippen LogP contribution in [0.1, 0.15) is 20.8 Å². The summed E-state index contributed by atoms with van der Waals surface area (Å²) in [6, 6.07) is 0.0327. The van der Waals surface area contributed by atoms with Crippen LogP contribution >= 0.6 is 11.6 Å². The zero-order valence-corrected chi connectivity index (χ0v) is 12.2. The molecule has 106 valence electrons. The second kappa shape index (κ2) is 6.56. The third-order valence-corrected chi connectivity index (χ3v) is 3.13. The van der Waals surface area contributed by atoms with Gasteiger partial charge in [-0.2, -0.15) is 0 Å². The van der Waals surface area contributed by atoms with Crippen molar-refractivity contribution in [2.45, 2.75) is 33.4 Å². The second-order valence-electron chi connectivity index (χ2n) is 4.60. The molecule has 0 saturated heterocycles. The highest BCUT2D eigenvalue weighted by Crippen LogP contribution is 2.14. The molecule has 0 spiro atoms. The van der Waals surface area contributed by atoms with Gasteiger partial charge >= 0.3 is 0 Å². The molecule has 7 heteroatoms. The van der Waals surface area contributed by atoms with E-state index >= 15 is 0 Å². The van der Waals surface area contributed by atoms with Gasteiger partial charge in [0.05, 0.1) is 13.4 Å². The normalized spacial score (nSPS) is 12.3. The molecule has 1 rings (SSSR count). The van der Waals surface area contributed by atoms with Crippen LogP contribution in [-0.2, 0) is 11.3 Å². The molecule has 1 heterocycles. The maximum absolute atomic E-state index is 11.9. The summed E-state index contributed by atoms with van der Waals surface area (Å²) in [5.74, 6) is 0.00176. The first-order valence-corrected chi connectivity index (χ1v) is 6.33. The number of rotatable bonds is 5. The average molecular weight is 288 g/mol. The molecule has 0 aliphatic heterocycles. The summed E-state index contributed by atoms with van der Waals surface area (Å²) in [4.78, 5) is 27.5. The number of hydrogen-bond acceptors (Lipinski definition) is 4. The highest BCUT2D eigenvalue weighted by molar-refractivity contribution is 6.30. The number of halogens is 1. The summed E-state index contributed by atoms with van der Waals surface area (Å²) in [5, 5.41) is 2.79. The number of amides is 1. The highest BCUT2D eigenvalue weighted by atomic mass is 35.5. The molecule has 1 aromatic heterocycles. The lowest BCUT2D eigenvalue weighted by Gasteiger charge is -2.17. The van der Waals surface area contributed by atoms with Gasteiger partial charge in [0.15, 0.2) is 5.15 Å². The van der Waals surface area contributed by atoms with Gasteiger partial charge in [-0.1, -0.05) is 25.4 Å². The van der Waals surface area contributed by atoms with E-state index in [1.165, 1.54) is 13.4 Å². The summed E-state index contributed by atoms with van der Waals surface area (Å²) >= 11 is 5.71. The topological polar surface area (TPSA) is 73.2 Å². The number of carbonyl (C=O) groups is 1. The van der Waals surface area contributed by atoms with Gasteiger partial charge in [-0.05, 0) is 12.8 Å². The van der Waals surface area contributed by atoms with Crippen molar-refractivity contribution >= 4 is 17.5 Å². The van der Waals surface area contributed by atoms with Crippen LogP contribution in [0.4, 0.5) is 0 Å². The Bertz CT molecular complexity index is 513. The van der Waals surface area contributed by atoms with Gasteiger partial charge in [0.25, 0.3) is 5.56 Å². The molecule has 1 N–H and O–H groups in total. The molecule has 0 aliphatic carbocycles. The van der Waals surface area contributed by atoms with Crippen LogP contribution in [0.3, 0.4) is 0 Å². The summed E-state index contributed by atoms with van der Waals surface area (Å²) in [5.41, 5.74) is -0.477. The van der Waals surface area contributed by atoms with Gasteiger partial charge in [0.2, 0.25) is 11.7 Å². The minimum Gasteiger partial charge on any atom is -0.489 e. The van der Waals surface area contributed by atoms with E-state index in [1.54, 1.807) is 0 Å². The van der Waals surface area contributed by atoms with E-state index in [-0.39, 0.29) is 29.4 Å². The fourth-order valence-corrected chi connectivity index (χ4v) is 1.56. The molecule has 0 aliphatic rings. The minimum atomic E-state index is -0.477. The fraction of sp³-hybridized carbons (Fsp3) is 0.583. The van der Waals surface area contributed by atoms with Crippen LogP contribution < -0.4 is 15.6 Å². The van der Waals surface area contributed by atoms with Crippen molar-refractivity contribution in [3.05, 3.63) is 21.8 Å². The van der Waals surface area contributed by atoms with Crippen molar-refractivity contribution in [3.63, 3.8) is 0 Å². The van der Waals surface area contributed by atoms with Crippen LogP contribution in [0.15, 0.2) is 11.1 Å². The Morgan fingerprint density at radius 1 is 1.53 bits per heavy atom. The quantitative estimate of drug-likeness (QED) is 0.822. The molecule has 0 aromatic carbocycles. The third-order valence-electron chi connectivity index (χ3n) is 2.86. The number of aromatic nitrogens is 2. The summed E-state index contributed by atoms with van der Waals surface area (Å²) in [6.45, 7) is 5.80. The fourth-order valence-electron chi connectivity index (χ4n) is 1.36. The van der Waals surface area contributed by atoms with E-state index in [4.69, 9.17) is 16.3 Å². The molecule has 1 unspecified atom stereocenters. The third kappa shape index (κ3) is 3.96. The van der Waals surface area contributed by atoms with Crippen molar-refractivity contribution in [1.29, 1.82) is 0 Å². The number of methoxy groups -OCH3 is 1. The van der Waals surface area contributed by atoms with Crippen LogP contribution in [-0.4, -0.2) is 28.6 Å². The smallest absolute Gasteiger partial charge is 0.297 e. The lowest BCUT2D eigenvalue weighted by Crippen LogP contribution is -2.40. The number of nitrogens with one attached hydrogen (secondary N) is 1. The standard InChI is InChI=1S/C12H18ClN3O3/c1-7(2)8(3)15-9(17)5-16-6-14-11(13)10(19-4)12(16)18/h6-8H,5H2,1-4H3,(H,15,17). The number of carbonyl (C=O) groups excluding carboxylic acids is 1. The first-order chi connectivity index (χ1) is 8.86. The molecular formula is C12H18ClN3O3. The first kappa shape index (κ1) is 15.5. The van der Waals surface area contributed by atoms with Gasteiger partial charge in [0, 0.05) is 6.04 Å². The molecule has 0 fully saturated rings. The maximum Gasteiger partial charge on any atom is 0.297 e. The van der Waals surface area contributed by atoms with Crippen molar-refractivity contribution in [1.82, 2.24) is 14.9 Å². The Morgan fingerprint density at radius 2 is 2.16 bits per heavy atom. The molecule has 1 aromatic rings. The second-order valence-corrected chi connectivity index (χ2v) is 4.96. The van der Waals surface area contributed by atoms with Gasteiger partial charge in [-0.15, -0.1) is 0 Å². The summed E-state index contributed by atoms with van der Waals surface area (Å²) in [6.07, 6.45) is 1.23. The molecule has 0 radical (unpaired) electrons. The van der Waals surface area contributed by atoms with Crippen LogP contribution in [0.5, 0.6) is 5.75 Å². The van der Waals surface area contributed by atoms with Gasteiger partial charge < -0.3 is 10.1 Å². The molecule has 1 amide bonds. The van der Waals surface area contributed by atoms with Gasteiger partial charge in [0.1, 0.15) is 6.54 Å². The zero-order valence-electron chi connectivity index (χ0n) is 11.4. The Morgan fingerprint density at radius 3 is 2.68 bits per heavy atom. The Hall–Kier alpha value is -1.56. The van der Waals surface area contributed by atoms with Crippen molar-refractivity contribution in [2.24, 2.45) is 5.92 Å². The molecule has 6 nitrogen and oxygen atoms in total. The van der Waals surface area contributed by atoms with E-state index in [0.717, 1.165) is 4.57 Å². The van der Waals surface area contributed by atoms with E-state index in [9.17, 15) is 9.59 Å². The Kier molecular flexibility index (Phi) is 5.35. The number of ether oxygens (including phenoxy) is 1. The minimum absolute atomic E-state index is 0.0142. The lowest BCUT2D eigenvalue weighted by atomic mass is 10.1. The van der Waals surface area contributed by atoms with Gasteiger partial charge in [-0.3, -0.25) is 14.2 Å². The van der Waals surface area contributed by atoms with E-state index in [0.29, 0.717) is 5.92 Å². The van der Waals surface area contributed by atoms with Crippen LogP contribution in [0.25, 0.3) is 0 Å². The number of nitrogens with zero attached hydrogens (tertiary/aromatic N) is 2. The molecule has 19 heavy (non-hydrogen) atoms. The van der Waals surface area contributed by atoms with E-state index < -0.39 is 5.56 Å².